The third-order valence-electron chi connectivity index (χ3n) is 3.59. The number of alkyl halides is 3. The minimum absolute atomic E-state index is 0.207. The maximum atomic E-state index is 12.4. The highest BCUT2D eigenvalue weighted by atomic mass is 19.4. The minimum atomic E-state index is -4.27. The van der Waals surface area contributed by atoms with Gasteiger partial charge < -0.3 is 5.11 Å². The molecule has 0 saturated carbocycles. The maximum Gasteiger partial charge on any atom is 0.416 e. The number of hydrogen-bond acceptors (Lipinski definition) is 2. The van der Waals surface area contributed by atoms with E-state index >= 15 is 0 Å². The van der Waals surface area contributed by atoms with Crippen molar-refractivity contribution in [3.05, 3.63) is 35.4 Å². The predicted octanol–water partition coefficient (Wildman–Crippen LogP) is 2.91. The number of aliphatic hydroxyl groups excluding tert-OH is 1. The fourth-order valence-electron chi connectivity index (χ4n) is 2.53. The van der Waals surface area contributed by atoms with Gasteiger partial charge in [-0.2, -0.15) is 13.2 Å². The molecular weight excluding hydrogens is 255 g/mol. The molecule has 1 atom stereocenters. The van der Waals surface area contributed by atoms with Crippen LogP contribution in [0.25, 0.3) is 0 Å². The van der Waals surface area contributed by atoms with Crippen molar-refractivity contribution in [1.29, 1.82) is 0 Å². The summed E-state index contributed by atoms with van der Waals surface area (Å²) in [6.45, 7) is 2.76. The number of nitrogens with zero attached hydrogens (tertiary/aromatic N) is 1. The summed E-state index contributed by atoms with van der Waals surface area (Å²) in [5.74, 6) is 0.513. The molecule has 1 heterocycles. The third kappa shape index (κ3) is 3.94. The SMILES string of the molecule is OCCC1CCN(Cc2ccc(C(F)(F)F)cc2)C1. The van der Waals surface area contributed by atoms with Crippen LogP contribution in [0.2, 0.25) is 0 Å². The summed E-state index contributed by atoms with van der Waals surface area (Å²) in [4.78, 5) is 2.23. The minimum Gasteiger partial charge on any atom is -0.396 e. The van der Waals surface area contributed by atoms with Crippen molar-refractivity contribution >= 4 is 0 Å². The molecule has 5 heteroatoms. The van der Waals surface area contributed by atoms with E-state index in [2.05, 4.69) is 4.90 Å². The van der Waals surface area contributed by atoms with Gasteiger partial charge in [-0.25, -0.2) is 0 Å². The molecule has 1 N–H and O–H groups in total. The first kappa shape index (κ1) is 14.3. The van der Waals surface area contributed by atoms with Gasteiger partial charge in [0, 0.05) is 19.7 Å². The summed E-state index contributed by atoms with van der Waals surface area (Å²) < 4.78 is 37.3. The quantitative estimate of drug-likeness (QED) is 0.911. The Kier molecular flexibility index (Phi) is 4.47. The lowest BCUT2D eigenvalue weighted by atomic mass is 10.1. The van der Waals surface area contributed by atoms with Crippen molar-refractivity contribution in [2.45, 2.75) is 25.6 Å². The lowest BCUT2D eigenvalue weighted by Crippen LogP contribution is -2.20. The summed E-state index contributed by atoms with van der Waals surface area (Å²) in [5, 5.41) is 8.88. The van der Waals surface area contributed by atoms with Gasteiger partial charge in [0.05, 0.1) is 5.56 Å². The molecule has 0 bridgehead atoms. The van der Waals surface area contributed by atoms with Crippen LogP contribution in [-0.2, 0) is 12.7 Å². The Labute approximate surface area is 110 Å². The average molecular weight is 273 g/mol. The molecule has 1 fully saturated rings. The van der Waals surface area contributed by atoms with Gasteiger partial charge in [0.1, 0.15) is 0 Å². The molecule has 1 aliphatic heterocycles. The van der Waals surface area contributed by atoms with E-state index in [-0.39, 0.29) is 6.61 Å². The summed E-state index contributed by atoms with van der Waals surface area (Å²) >= 11 is 0. The fraction of sp³-hybridized carbons (Fsp3) is 0.571. The molecule has 1 unspecified atom stereocenters. The van der Waals surface area contributed by atoms with Crippen LogP contribution >= 0.6 is 0 Å². The maximum absolute atomic E-state index is 12.4. The smallest absolute Gasteiger partial charge is 0.396 e. The van der Waals surface area contributed by atoms with Crippen molar-refractivity contribution in [2.75, 3.05) is 19.7 Å². The van der Waals surface area contributed by atoms with E-state index in [0.29, 0.717) is 12.5 Å². The largest absolute Gasteiger partial charge is 0.416 e. The van der Waals surface area contributed by atoms with Crippen LogP contribution in [0.15, 0.2) is 24.3 Å². The lowest BCUT2D eigenvalue weighted by Gasteiger charge is -2.16. The van der Waals surface area contributed by atoms with E-state index < -0.39 is 11.7 Å². The summed E-state index contributed by atoms with van der Waals surface area (Å²) in [7, 11) is 0. The second-order valence-corrected chi connectivity index (χ2v) is 5.10. The molecule has 0 amide bonds. The van der Waals surface area contributed by atoms with E-state index in [0.717, 1.165) is 43.6 Å². The van der Waals surface area contributed by atoms with Crippen LogP contribution in [0, 0.1) is 5.92 Å². The Morgan fingerprint density at radius 3 is 2.47 bits per heavy atom. The van der Waals surface area contributed by atoms with Gasteiger partial charge in [-0.05, 0) is 43.0 Å². The molecule has 0 aliphatic carbocycles. The number of likely N-dealkylation sites (tertiary alicyclic amines) is 1. The molecule has 0 radical (unpaired) electrons. The molecule has 106 valence electrons. The highest BCUT2D eigenvalue weighted by molar-refractivity contribution is 5.24. The third-order valence-corrected chi connectivity index (χ3v) is 3.59. The van der Waals surface area contributed by atoms with E-state index in [4.69, 9.17) is 5.11 Å². The Morgan fingerprint density at radius 2 is 1.89 bits per heavy atom. The first-order valence-corrected chi connectivity index (χ1v) is 6.48. The number of hydrogen-bond donors (Lipinski definition) is 1. The molecule has 2 nitrogen and oxygen atoms in total. The Morgan fingerprint density at radius 1 is 1.21 bits per heavy atom. The number of benzene rings is 1. The molecule has 1 aromatic carbocycles. The lowest BCUT2D eigenvalue weighted by molar-refractivity contribution is -0.137. The van der Waals surface area contributed by atoms with Gasteiger partial charge in [-0.15, -0.1) is 0 Å². The average Bonchev–Trinajstić information content (AvgIpc) is 2.77. The standard InChI is InChI=1S/C14H18F3NO/c15-14(16,17)13-3-1-11(2-4-13)9-18-7-5-12(10-18)6-8-19/h1-4,12,19H,5-10H2. The van der Waals surface area contributed by atoms with Crippen LogP contribution in [-0.4, -0.2) is 29.7 Å². The first-order chi connectivity index (χ1) is 8.99. The molecule has 1 saturated heterocycles. The van der Waals surface area contributed by atoms with Gasteiger partial charge in [-0.1, -0.05) is 12.1 Å². The summed E-state index contributed by atoms with van der Waals surface area (Å²) in [5.41, 5.74) is 0.300. The van der Waals surface area contributed by atoms with Crippen LogP contribution in [0.4, 0.5) is 13.2 Å². The van der Waals surface area contributed by atoms with E-state index in [1.807, 2.05) is 0 Å². The van der Waals surface area contributed by atoms with Crippen LogP contribution in [0.1, 0.15) is 24.0 Å². The topological polar surface area (TPSA) is 23.5 Å². The van der Waals surface area contributed by atoms with E-state index in [9.17, 15) is 13.2 Å². The molecule has 1 aromatic rings. The van der Waals surface area contributed by atoms with Gasteiger partial charge in [0.25, 0.3) is 0 Å². The number of halogens is 3. The van der Waals surface area contributed by atoms with Crippen molar-refractivity contribution in [1.82, 2.24) is 4.90 Å². The molecule has 2 rings (SSSR count). The van der Waals surface area contributed by atoms with Crippen LogP contribution in [0.3, 0.4) is 0 Å². The summed E-state index contributed by atoms with van der Waals surface area (Å²) in [6, 6.07) is 5.36. The van der Waals surface area contributed by atoms with Crippen LogP contribution in [0.5, 0.6) is 0 Å². The zero-order valence-electron chi connectivity index (χ0n) is 10.7. The zero-order valence-corrected chi connectivity index (χ0v) is 10.7. The highest BCUT2D eigenvalue weighted by Gasteiger charge is 2.30. The van der Waals surface area contributed by atoms with Gasteiger partial charge in [0.15, 0.2) is 0 Å². The predicted molar refractivity (Wildman–Crippen MR) is 66.5 cm³/mol. The Balaban J connectivity index is 1.90. The zero-order chi connectivity index (χ0) is 13.9. The fourth-order valence-corrected chi connectivity index (χ4v) is 2.53. The van der Waals surface area contributed by atoms with Gasteiger partial charge >= 0.3 is 6.18 Å². The Bertz CT molecular complexity index is 402. The van der Waals surface area contributed by atoms with Crippen molar-refractivity contribution in [3.8, 4) is 0 Å². The molecule has 1 aliphatic rings. The highest BCUT2D eigenvalue weighted by Crippen LogP contribution is 2.29. The second kappa shape index (κ2) is 5.92. The summed E-state index contributed by atoms with van der Waals surface area (Å²) in [6.07, 6.45) is -2.40. The molecule has 0 aromatic heterocycles. The van der Waals surface area contributed by atoms with Crippen molar-refractivity contribution < 1.29 is 18.3 Å². The van der Waals surface area contributed by atoms with Crippen molar-refractivity contribution in [3.63, 3.8) is 0 Å². The van der Waals surface area contributed by atoms with E-state index in [1.165, 1.54) is 0 Å². The second-order valence-electron chi connectivity index (χ2n) is 5.10. The molecular formula is C14H18F3NO. The van der Waals surface area contributed by atoms with E-state index in [1.54, 1.807) is 12.1 Å². The number of rotatable bonds is 4. The van der Waals surface area contributed by atoms with Crippen LogP contribution < -0.4 is 0 Å². The molecule has 0 spiro atoms. The first-order valence-electron chi connectivity index (χ1n) is 6.48. The monoisotopic (exact) mass is 273 g/mol. The normalized spacial score (nSPS) is 20.9. The van der Waals surface area contributed by atoms with Gasteiger partial charge in [0.2, 0.25) is 0 Å². The molecule has 19 heavy (non-hydrogen) atoms. The van der Waals surface area contributed by atoms with Gasteiger partial charge in [-0.3, -0.25) is 4.90 Å². The number of aliphatic hydroxyl groups is 1. The van der Waals surface area contributed by atoms with Crippen molar-refractivity contribution in [2.24, 2.45) is 5.92 Å². The Hall–Kier alpha value is -1.07.